The van der Waals surface area contributed by atoms with Crippen LogP contribution < -0.4 is 0 Å². The van der Waals surface area contributed by atoms with Crippen molar-refractivity contribution in [2.24, 2.45) is 0 Å². The van der Waals surface area contributed by atoms with Gasteiger partial charge in [0.05, 0.1) is 0 Å². The lowest BCUT2D eigenvalue weighted by molar-refractivity contribution is 0.542. The maximum Gasteiger partial charge on any atom is 0.154 e. The smallest absolute Gasteiger partial charge is 0.154 e. The molecule has 0 aromatic carbocycles. The third-order valence-electron chi connectivity index (χ3n) is 1.05. The Morgan fingerprint density at radius 1 is 1.22 bits per heavy atom. The Morgan fingerprint density at radius 3 is 2.78 bits per heavy atom. The third kappa shape index (κ3) is 1.49. The number of hydrogen-bond donors (Lipinski definition) is 0. The normalized spacial score (nSPS) is 18.4. The zero-order valence-corrected chi connectivity index (χ0v) is 4.77. The van der Waals surface area contributed by atoms with Crippen molar-refractivity contribution in [1.82, 2.24) is 0 Å². The molecule has 0 radical (unpaired) electrons. The molecule has 0 fully saturated rings. The highest BCUT2D eigenvalue weighted by Crippen LogP contribution is 2.15. The lowest BCUT2D eigenvalue weighted by atomic mass is 10.3. The second kappa shape index (κ2) is 2.58. The molecule has 0 nitrogen and oxygen atoms in total. The van der Waals surface area contributed by atoms with E-state index in [2.05, 4.69) is 0 Å². The van der Waals surface area contributed by atoms with Crippen LogP contribution in [-0.4, -0.2) is 0 Å². The van der Waals surface area contributed by atoms with Gasteiger partial charge < -0.3 is 0 Å². The van der Waals surface area contributed by atoms with Crippen molar-refractivity contribution in [3.8, 4) is 0 Å². The number of halogens is 2. The average Bonchev–Trinajstić information content (AvgIpc) is 1.99. The minimum Gasteiger partial charge on any atom is -0.208 e. The lowest BCUT2D eigenvalue weighted by Crippen LogP contribution is -1.71. The van der Waals surface area contributed by atoms with Gasteiger partial charge in [-0.2, -0.15) is 0 Å². The van der Waals surface area contributed by atoms with Gasteiger partial charge in [-0.15, -0.1) is 0 Å². The topological polar surface area (TPSA) is 0 Å². The largest absolute Gasteiger partial charge is 0.208 e. The van der Waals surface area contributed by atoms with Crippen molar-refractivity contribution in [1.29, 1.82) is 0 Å². The van der Waals surface area contributed by atoms with Gasteiger partial charge in [0.1, 0.15) is 5.83 Å². The highest BCUT2D eigenvalue weighted by Gasteiger charge is 2.00. The minimum absolute atomic E-state index is 0.0683. The molecule has 0 unspecified atom stereocenters. The lowest BCUT2D eigenvalue weighted by Gasteiger charge is -1.86. The molecular weight excluding hydrogens is 122 g/mol. The monoisotopic (exact) mass is 128 g/mol. The van der Waals surface area contributed by atoms with E-state index in [4.69, 9.17) is 0 Å². The van der Waals surface area contributed by atoms with E-state index >= 15 is 0 Å². The molecule has 1 rings (SSSR count). The van der Waals surface area contributed by atoms with Gasteiger partial charge in [-0.05, 0) is 6.08 Å². The molecule has 0 amide bonds. The predicted octanol–water partition coefficient (Wildman–Crippen LogP) is 2.65. The summed E-state index contributed by atoms with van der Waals surface area (Å²) in [5.41, 5.74) is 0. The van der Waals surface area contributed by atoms with Gasteiger partial charge in [-0.3, -0.25) is 0 Å². The highest BCUT2D eigenvalue weighted by molar-refractivity contribution is 5.24. The fourth-order valence-corrected chi connectivity index (χ4v) is 0.578. The standard InChI is InChI=1S/C7H6F2/c8-6-4-2-1-3-5-7(6)9/h1-4H,5H2. The first kappa shape index (κ1) is 6.20. The Balaban J connectivity index is 2.85. The number of allylic oxidation sites excluding steroid dienone is 6. The first-order chi connectivity index (χ1) is 4.30. The predicted molar refractivity (Wildman–Crippen MR) is 32.1 cm³/mol. The summed E-state index contributed by atoms with van der Waals surface area (Å²) in [6.07, 6.45) is 5.84. The van der Waals surface area contributed by atoms with Crippen LogP contribution in [0, 0.1) is 0 Å². The minimum atomic E-state index is -0.764. The second-order valence-electron chi connectivity index (χ2n) is 1.74. The van der Waals surface area contributed by atoms with E-state index in [-0.39, 0.29) is 6.42 Å². The Kier molecular flexibility index (Phi) is 1.78. The molecule has 0 saturated heterocycles. The highest BCUT2D eigenvalue weighted by atomic mass is 19.2. The molecule has 0 aliphatic heterocycles. The number of rotatable bonds is 0. The van der Waals surface area contributed by atoms with Crippen molar-refractivity contribution in [2.45, 2.75) is 6.42 Å². The summed E-state index contributed by atoms with van der Waals surface area (Å²) in [6, 6.07) is 0. The van der Waals surface area contributed by atoms with Crippen LogP contribution in [0.25, 0.3) is 0 Å². The molecule has 0 aromatic rings. The van der Waals surface area contributed by atoms with Crippen LogP contribution in [0.3, 0.4) is 0 Å². The van der Waals surface area contributed by atoms with Gasteiger partial charge in [0.2, 0.25) is 0 Å². The number of hydrogen-bond acceptors (Lipinski definition) is 0. The van der Waals surface area contributed by atoms with Crippen LogP contribution in [0.5, 0.6) is 0 Å². The van der Waals surface area contributed by atoms with E-state index in [0.29, 0.717) is 0 Å². The summed E-state index contributed by atoms with van der Waals surface area (Å²) >= 11 is 0. The van der Waals surface area contributed by atoms with E-state index in [1.165, 1.54) is 6.08 Å². The van der Waals surface area contributed by atoms with Gasteiger partial charge in [0.25, 0.3) is 0 Å². The van der Waals surface area contributed by atoms with Crippen LogP contribution in [0.2, 0.25) is 0 Å². The van der Waals surface area contributed by atoms with Crippen LogP contribution in [0.4, 0.5) is 8.78 Å². The van der Waals surface area contributed by atoms with Gasteiger partial charge in [0.15, 0.2) is 5.83 Å². The molecule has 48 valence electrons. The van der Waals surface area contributed by atoms with Crippen LogP contribution in [-0.2, 0) is 0 Å². The first-order valence-electron chi connectivity index (χ1n) is 2.68. The zero-order valence-electron chi connectivity index (χ0n) is 4.77. The molecule has 1 aliphatic carbocycles. The van der Waals surface area contributed by atoms with Gasteiger partial charge >= 0.3 is 0 Å². The average molecular weight is 128 g/mol. The van der Waals surface area contributed by atoms with Crippen molar-refractivity contribution in [3.05, 3.63) is 36.0 Å². The quantitative estimate of drug-likeness (QED) is 0.470. The van der Waals surface area contributed by atoms with E-state index in [1.54, 1.807) is 12.2 Å². The van der Waals surface area contributed by atoms with E-state index in [9.17, 15) is 8.78 Å². The molecule has 0 aromatic heterocycles. The summed E-state index contributed by atoms with van der Waals surface area (Å²) in [6.45, 7) is 0. The van der Waals surface area contributed by atoms with Crippen molar-refractivity contribution in [3.63, 3.8) is 0 Å². The maximum atomic E-state index is 12.2. The first-order valence-corrected chi connectivity index (χ1v) is 2.68. The maximum absolute atomic E-state index is 12.2. The SMILES string of the molecule is FC1=C(F)CC=CC=C1. The fraction of sp³-hybridized carbons (Fsp3) is 0.143. The molecule has 2 heteroatoms. The fourth-order valence-electron chi connectivity index (χ4n) is 0.578. The summed E-state index contributed by atoms with van der Waals surface area (Å²) in [4.78, 5) is 0. The third-order valence-corrected chi connectivity index (χ3v) is 1.05. The molecule has 1 aliphatic rings. The Labute approximate surface area is 52.2 Å². The molecule has 0 saturated carbocycles. The van der Waals surface area contributed by atoms with Crippen molar-refractivity contribution in [2.75, 3.05) is 0 Å². The Bertz CT molecular complexity index is 187. The zero-order chi connectivity index (χ0) is 6.69. The molecular formula is C7H6F2. The van der Waals surface area contributed by atoms with Crippen LogP contribution >= 0.6 is 0 Å². The molecule has 0 N–H and O–H groups in total. The van der Waals surface area contributed by atoms with Crippen molar-refractivity contribution < 1.29 is 8.78 Å². The second-order valence-corrected chi connectivity index (χ2v) is 1.74. The molecule has 0 spiro atoms. The van der Waals surface area contributed by atoms with Crippen molar-refractivity contribution >= 4 is 0 Å². The summed E-state index contributed by atoms with van der Waals surface area (Å²) in [7, 11) is 0. The van der Waals surface area contributed by atoms with Gasteiger partial charge in [-0.25, -0.2) is 8.78 Å². The molecule has 0 heterocycles. The Hall–Kier alpha value is -0.920. The van der Waals surface area contributed by atoms with E-state index < -0.39 is 11.7 Å². The summed E-state index contributed by atoms with van der Waals surface area (Å²) in [5.74, 6) is -1.46. The summed E-state index contributed by atoms with van der Waals surface area (Å²) in [5, 5.41) is 0. The Morgan fingerprint density at radius 2 is 2.00 bits per heavy atom. The van der Waals surface area contributed by atoms with E-state index in [0.717, 1.165) is 6.08 Å². The molecule has 9 heavy (non-hydrogen) atoms. The van der Waals surface area contributed by atoms with E-state index in [1.807, 2.05) is 0 Å². The van der Waals surface area contributed by atoms with Crippen LogP contribution in [0.15, 0.2) is 36.0 Å². The van der Waals surface area contributed by atoms with Gasteiger partial charge in [-0.1, -0.05) is 18.2 Å². The molecule has 0 bridgehead atoms. The summed E-state index contributed by atoms with van der Waals surface area (Å²) < 4.78 is 24.5. The van der Waals surface area contributed by atoms with Crippen LogP contribution in [0.1, 0.15) is 6.42 Å². The molecule has 0 atom stereocenters. The van der Waals surface area contributed by atoms with Gasteiger partial charge in [0, 0.05) is 6.42 Å².